The number of amides is 1. The maximum atomic E-state index is 14.9. The van der Waals surface area contributed by atoms with Crippen LogP contribution in [0.3, 0.4) is 0 Å². The summed E-state index contributed by atoms with van der Waals surface area (Å²) >= 11 is 14.0. The highest BCUT2D eigenvalue weighted by Gasteiger charge is 2.62. The first-order valence-corrected chi connectivity index (χ1v) is 22.7. The van der Waals surface area contributed by atoms with Crippen molar-refractivity contribution in [3.8, 4) is 11.5 Å². The van der Waals surface area contributed by atoms with Gasteiger partial charge in [0.05, 0.1) is 33.0 Å². The normalized spacial score (nSPS) is 20.3. The first-order chi connectivity index (χ1) is 27.0. The predicted molar refractivity (Wildman–Crippen MR) is 217 cm³/mol. The van der Waals surface area contributed by atoms with Crippen molar-refractivity contribution < 1.29 is 50.2 Å². The van der Waals surface area contributed by atoms with Crippen LogP contribution in [0.1, 0.15) is 89.8 Å². The molecule has 6 heterocycles. The molecule has 0 saturated carbocycles. The SMILES string of the molecule is CC1(C)C=C(CS(=O)(=O)O)c2cc3c(c4c2N1CCC4)Oc1c(cc2c4c1CCCN4C(C)(C)C=C2CS(=O)(=O)O)C31c2c(Cl)ccc(Cl)c2C(=O)N1OCC(=O)O. The second-order valence-electron chi connectivity index (χ2n) is 16.7. The van der Waals surface area contributed by atoms with E-state index in [0.717, 1.165) is 5.06 Å². The molecule has 0 unspecified atom stereocenters. The third-order valence-corrected chi connectivity index (χ3v) is 14.1. The summed E-state index contributed by atoms with van der Waals surface area (Å²) in [4.78, 5) is 37.5. The molecule has 0 saturated heterocycles. The van der Waals surface area contributed by atoms with Crippen LogP contribution in [0, 0.1) is 0 Å². The molecule has 6 aliphatic rings. The van der Waals surface area contributed by atoms with Crippen molar-refractivity contribution >= 4 is 77.8 Å². The molecule has 1 spiro atoms. The van der Waals surface area contributed by atoms with Gasteiger partial charge in [-0.25, -0.2) is 4.79 Å². The predicted octanol–water partition coefficient (Wildman–Crippen LogP) is 6.50. The first-order valence-electron chi connectivity index (χ1n) is 18.7. The van der Waals surface area contributed by atoms with Crippen molar-refractivity contribution in [1.82, 2.24) is 5.06 Å². The van der Waals surface area contributed by atoms with Crippen LogP contribution >= 0.6 is 23.2 Å². The number of ether oxygens (including phenoxy) is 1. The van der Waals surface area contributed by atoms with E-state index in [1.54, 1.807) is 24.3 Å². The number of hydrogen-bond acceptors (Lipinski definition) is 10. The van der Waals surface area contributed by atoms with E-state index >= 15 is 0 Å². The van der Waals surface area contributed by atoms with E-state index in [9.17, 15) is 40.6 Å². The highest BCUT2D eigenvalue weighted by atomic mass is 35.5. The topological polar surface area (TPSA) is 191 Å². The smallest absolute Gasteiger partial charge is 0.332 e. The lowest BCUT2D eigenvalue weighted by Crippen LogP contribution is -2.51. The Kier molecular flexibility index (Phi) is 8.59. The molecule has 0 bridgehead atoms. The summed E-state index contributed by atoms with van der Waals surface area (Å²) in [6.45, 7) is 8.06. The third-order valence-electron chi connectivity index (χ3n) is 12.1. The van der Waals surface area contributed by atoms with Crippen molar-refractivity contribution in [2.24, 2.45) is 0 Å². The lowest BCUT2D eigenvalue weighted by Gasteiger charge is -2.51. The number of aliphatic carboxylic acids is 1. The van der Waals surface area contributed by atoms with Crippen LogP contribution in [0.5, 0.6) is 11.5 Å². The van der Waals surface area contributed by atoms with Gasteiger partial charge in [-0.05, 0) is 88.8 Å². The molecular weight excluding hydrogens is 833 g/mol. The molecule has 58 heavy (non-hydrogen) atoms. The molecule has 0 aliphatic carbocycles. The Bertz CT molecular complexity index is 2590. The molecule has 3 aromatic rings. The first kappa shape index (κ1) is 39.3. The van der Waals surface area contributed by atoms with Crippen LogP contribution in [-0.2, 0) is 48.2 Å². The van der Waals surface area contributed by atoms with E-state index in [1.807, 2.05) is 27.7 Å². The Labute approximate surface area is 345 Å². The minimum absolute atomic E-state index is 0.00171. The quantitative estimate of drug-likeness (QED) is 0.219. The maximum Gasteiger partial charge on any atom is 0.332 e. The average molecular weight is 873 g/mol. The summed E-state index contributed by atoms with van der Waals surface area (Å²) in [7, 11) is -9.14. The van der Waals surface area contributed by atoms with E-state index in [2.05, 4.69) is 9.80 Å². The standard InChI is InChI=1S/C40H39Cl2N3O11S2/c1-38(2)15-20(18-57(49,50)51)24-13-26-35(22-7-5-11-43(38)33(22)24)56-36-23-8-6-12-44-34(23)25(21(16-39(44,3)4)19-58(52,53)54)14-27(36)40(26)32-29(42)10-9-28(41)31(32)37(48)45(40)55-17-30(46)47/h9-10,13-16H,5-8,11-12,17-19H2,1-4H3,(H,46,47)(H,49,50,51)(H,52,53,54). The van der Waals surface area contributed by atoms with Crippen LogP contribution in [-0.4, -0.2) is 90.3 Å². The summed E-state index contributed by atoms with van der Waals surface area (Å²) in [6, 6.07) is 6.34. The molecule has 18 heteroatoms. The lowest BCUT2D eigenvalue weighted by atomic mass is 9.70. The minimum atomic E-state index is -4.57. The number of fused-ring (bicyclic) bond motifs is 8. The Morgan fingerprint density at radius 2 is 1.28 bits per heavy atom. The fourth-order valence-corrected chi connectivity index (χ4v) is 12.0. The largest absolute Gasteiger partial charge is 0.479 e. The zero-order valence-corrected chi connectivity index (χ0v) is 35.0. The highest BCUT2D eigenvalue weighted by Crippen LogP contribution is 2.65. The van der Waals surface area contributed by atoms with Crippen molar-refractivity contribution in [2.75, 3.05) is 41.0 Å². The zero-order chi connectivity index (χ0) is 41.6. The molecule has 1 amide bonds. The summed E-state index contributed by atoms with van der Waals surface area (Å²) in [6.07, 6.45) is 5.83. The molecular formula is C40H39Cl2N3O11S2. The number of halogens is 2. The number of carbonyl (C=O) groups is 2. The number of carbonyl (C=O) groups excluding carboxylic acids is 1. The van der Waals surface area contributed by atoms with Crippen molar-refractivity contribution in [1.29, 1.82) is 0 Å². The zero-order valence-electron chi connectivity index (χ0n) is 31.8. The molecule has 0 fully saturated rings. The van der Waals surface area contributed by atoms with E-state index in [4.69, 9.17) is 32.8 Å². The highest BCUT2D eigenvalue weighted by molar-refractivity contribution is 7.86. The summed E-state index contributed by atoms with van der Waals surface area (Å²) < 4.78 is 78.2. The molecule has 6 aliphatic heterocycles. The molecule has 0 aromatic heterocycles. The third kappa shape index (κ3) is 5.66. The van der Waals surface area contributed by atoms with Gasteiger partial charge in [0.15, 0.2) is 12.1 Å². The minimum Gasteiger partial charge on any atom is -0.479 e. The van der Waals surface area contributed by atoms with Gasteiger partial charge >= 0.3 is 5.97 Å². The second kappa shape index (κ2) is 12.7. The van der Waals surface area contributed by atoms with Crippen LogP contribution in [0.15, 0.2) is 36.4 Å². The summed E-state index contributed by atoms with van der Waals surface area (Å²) in [5, 5.41) is 11.0. The number of benzene rings is 3. The van der Waals surface area contributed by atoms with Crippen molar-refractivity contribution in [2.45, 2.75) is 70.0 Å². The van der Waals surface area contributed by atoms with Gasteiger partial charge < -0.3 is 19.6 Å². The van der Waals surface area contributed by atoms with E-state index in [0.29, 0.717) is 95.0 Å². The summed E-state index contributed by atoms with van der Waals surface area (Å²) in [5.41, 5.74) is 1.48. The van der Waals surface area contributed by atoms with Gasteiger partial charge in [-0.15, -0.1) is 0 Å². The number of anilines is 2. The Morgan fingerprint density at radius 3 is 1.72 bits per heavy atom. The van der Waals surface area contributed by atoms with Gasteiger partial charge in [-0.1, -0.05) is 35.4 Å². The fraction of sp³-hybridized carbons (Fsp3) is 0.400. The van der Waals surface area contributed by atoms with Crippen LogP contribution in [0.25, 0.3) is 11.1 Å². The van der Waals surface area contributed by atoms with Crippen LogP contribution in [0.2, 0.25) is 10.0 Å². The van der Waals surface area contributed by atoms with Crippen molar-refractivity contribution in [3.63, 3.8) is 0 Å². The van der Waals surface area contributed by atoms with E-state index in [1.165, 1.54) is 12.1 Å². The monoisotopic (exact) mass is 871 g/mol. The molecule has 14 nitrogen and oxygen atoms in total. The average Bonchev–Trinajstić information content (AvgIpc) is 3.37. The van der Waals surface area contributed by atoms with Gasteiger partial charge in [0.2, 0.25) is 0 Å². The molecule has 0 radical (unpaired) electrons. The summed E-state index contributed by atoms with van der Waals surface area (Å²) in [5.74, 6) is -3.00. The number of rotatable bonds is 7. The lowest BCUT2D eigenvalue weighted by molar-refractivity contribution is -0.180. The van der Waals surface area contributed by atoms with Crippen LogP contribution < -0.4 is 14.5 Å². The Morgan fingerprint density at radius 1 is 0.810 bits per heavy atom. The van der Waals surface area contributed by atoms with Gasteiger partial charge in [0, 0.05) is 57.1 Å². The molecule has 3 aromatic carbocycles. The number of hydroxylamine groups is 2. The second-order valence-corrected chi connectivity index (χ2v) is 20.4. The Hall–Kier alpha value is -4.16. The molecule has 3 N–H and O–H groups in total. The van der Waals surface area contributed by atoms with Crippen molar-refractivity contribution in [3.05, 3.63) is 91.0 Å². The van der Waals surface area contributed by atoms with Gasteiger partial charge in [0.1, 0.15) is 23.0 Å². The number of carboxylic acid groups (broad SMARTS) is 1. The van der Waals surface area contributed by atoms with E-state index in [-0.39, 0.29) is 32.3 Å². The number of hydrogen-bond donors (Lipinski definition) is 3. The van der Waals surface area contributed by atoms with Gasteiger partial charge in [-0.2, -0.15) is 21.9 Å². The molecule has 0 atom stereocenters. The number of carboxylic acids is 1. The van der Waals surface area contributed by atoms with Crippen LogP contribution in [0.4, 0.5) is 11.4 Å². The fourth-order valence-electron chi connectivity index (χ4n) is 10.2. The van der Waals surface area contributed by atoms with Gasteiger partial charge in [-0.3, -0.25) is 18.7 Å². The molecule has 306 valence electrons. The van der Waals surface area contributed by atoms with E-state index < -0.39 is 66.8 Å². The molecule has 9 rings (SSSR count). The Balaban J connectivity index is 1.48. The van der Waals surface area contributed by atoms with Gasteiger partial charge in [0.25, 0.3) is 26.1 Å². The maximum absolute atomic E-state index is 14.9. The number of nitrogens with zero attached hydrogens (tertiary/aromatic N) is 3.